The number of ether oxygens (including phenoxy) is 1. The molecular formula is C25H31ClN2O3S. The summed E-state index contributed by atoms with van der Waals surface area (Å²) in [6, 6.07) is 14.7. The number of halogens is 1. The third kappa shape index (κ3) is 7.17. The maximum Gasteiger partial charge on any atom is 0.242 e. The Kier molecular flexibility index (Phi) is 9.30. The summed E-state index contributed by atoms with van der Waals surface area (Å²) in [7, 11) is 1.62. The average Bonchev–Trinajstić information content (AvgIpc) is 2.82. The van der Waals surface area contributed by atoms with Gasteiger partial charge in [-0.05, 0) is 61.7 Å². The molecule has 32 heavy (non-hydrogen) atoms. The number of benzene rings is 2. The second-order valence-electron chi connectivity index (χ2n) is 8.13. The Morgan fingerprint density at radius 3 is 2.38 bits per heavy atom. The van der Waals surface area contributed by atoms with Gasteiger partial charge in [0.05, 0.1) is 12.9 Å². The van der Waals surface area contributed by atoms with E-state index in [1.807, 2.05) is 55.5 Å². The van der Waals surface area contributed by atoms with Gasteiger partial charge in [-0.3, -0.25) is 9.59 Å². The Morgan fingerprint density at radius 1 is 1.09 bits per heavy atom. The molecule has 7 heteroatoms. The van der Waals surface area contributed by atoms with E-state index in [9.17, 15) is 9.59 Å². The highest BCUT2D eigenvalue weighted by atomic mass is 35.5. The maximum atomic E-state index is 13.2. The molecule has 0 aromatic heterocycles. The molecule has 1 saturated carbocycles. The van der Waals surface area contributed by atoms with Crippen LogP contribution >= 0.6 is 23.4 Å². The number of methoxy groups -OCH3 is 1. The summed E-state index contributed by atoms with van der Waals surface area (Å²) in [6.07, 6.45) is 5.54. The van der Waals surface area contributed by atoms with E-state index in [1.165, 1.54) is 18.2 Å². The largest absolute Gasteiger partial charge is 0.497 e. The van der Waals surface area contributed by atoms with Crippen molar-refractivity contribution in [3.8, 4) is 5.75 Å². The predicted octanol–water partition coefficient (Wildman–Crippen LogP) is 5.31. The fraction of sp³-hybridized carbons (Fsp3) is 0.440. The van der Waals surface area contributed by atoms with Crippen LogP contribution in [0, 0.1) is 0 Å². The number of nitrogens with zero attached hydrogens (tertiary/aromatic N) is 1. The van der Waals surface area contributed by atoms with Crippen molar-refractivity contribution in [1.29, 1.82) is 0 Å². The summed E-state index contributed by atoms with van der Waals surface area (Å²) in [6.45, 7) is 2.18. The van der Waals surface area contributed by atoms with E-state index in [4.69, 9.17) is 16.3 Å². The molecule has 1 fully saturated rings. The smallest absolute Gasteiger partial charge is 0.242 e. The summed E-state index contributed by atoms with van der Waals surface area (Å²) >= 11 is 7.40. The van der Waals surface area contributed by atoms with Crippen LogP contribution in [0.1, 0.15) is 44.6 Å². The minimum absolute atomic E-state index is 0.0768. The first kappa shape index (κ1) is 24.5. The SMILES string of the molecule is COc1ccc(CN(C(=O)CSc2ccc(Cl)cc2)[C@@H](C)C(=O)NC2CCCCC2)cc1. The van der Waals surface area contributed by atoms with Gasteiger partial charge < -0.3 is 15.0 Å². The van der Waals surface area contributed by atoms with Crippen LogP contribution in [0.25, 0.3) is 0 Å². The molecule has 1 N–H and O–H groups in total. The molecule has 1 aliphatic carbocycles. The molecule has 0 spiro atoms. The Labute approximate surface area is 199 Å². The molecular weight excluding hydrogens is 444 g/mol. The standard InChI is InChI=1S/C25H31ClN2O3S/c1-18(25(30)27-21-6-4-3-5-7-21)28(16-19-8-12-22(31-2)13-9-19)24(29)17-32-23-14-10-20(26)11-15-23/h8-15,18,21H,3-7,16-17H2,1-2H3,(H,27,30)/t18-/m0/s1. The average molecular weight is 475 g/mol. The lowest BCUT2D eigenvalue weighted by molar-refractivity contribution is -0.139. The summed E-state index contributed by atoms with van der Waals surface area (Å²) in [4.78, 5) is 28.9. The molecule has 2 aromatic carbocycles. The Hall–Kier alpha value is -2.18. The van der Waals surface area contributed by atoms with Crippen LogP contribution in [-0.2, 0) is 16.1 Å². The maximum absolute atomic E-state index is 13.2. The Morgan fingerprint density at radius 2 is 1.75 bits per heavy atom. The first-order valence-electron chi connectivity index (χ1n) is 11.1. The van der Waals surface area contributed by atoms with Gasteiger partial charge >= 0.3 is 0 Å². The van der Waals surface area contributed by atoms with Crippen molar-refractivity contribution in [2.75, 3.05) is 12.9 Å². The van der Waals surface area contributed by atoms with Crippen molar-refractivity contribution in [2.45, 2.75) is 62.6 Å². The molecule has 0 unspecified atom stereocenters. The number of thioether (sulfide) groups is 1. The normalized spacial score (nSPS) is 15.1. The molecule has 1 atom stereocenters. The molecule has 2 aromatic rings. The van der Waals surface area contributed by atoms with Gasteiger partial charge in [0.15, 0.2) is 0 Å². The second-order valence-corrected chi connectivity index (χ2v) is 9.62. The van der Waals surface area contributed by atoms with E-state index in [-0.39, 0.29) is 23.6 Å². The molecule has 0 aliphatic heterocycles. The lowest BCUT2D eigenvalue weighted by Gasteiger charge is -2.31. The van der Waals surface area contributed by atoms with Crippen LogP contribution in [0.3, 0.4) is 0 Å². The molecule has 172 valence electrons. The summed E-state index contributed by atoms with van der Waals surface area (Å²) < 4.78 is 5.23. The van der Waals surface area contributed by atoms with Crippen molar-refractivity contribution in [3.05, 3.63) is 59.1 Å². The topological polar surface area (TPSA) is 58.6 Å². The van der Waals surface area contributed by atoms with Gasteiger partial charge in [-0.15, -0.1) is 11.8 Å². The number of amides is 2. The van der Waals surface area contributed by atoms with E-state index in [0.717, 1.165) is 41.9 Å². The number of hydrogen-bond donors (Lipinski definition) is 1. The van der Waals surface area contributed by atoms with E-state index in [0.29, 0.717) is 11.6 Å². The van der Waals surface area contributed by atoms with Crippen LogP contribution in [0.4, 0.5) is 0 Å². The van der Waals surface area contributed by atoms with Crippen molar-refractivity contribution < 1.29 is 14.3 Å². The van der Waals surface area contributed by atoms with Crippen LogP contribution in [-0.4, -0.2) is 41.7 Å². The van der Waals surface area contributed by atoms with Crippen molar-refractivity contribution in [2.24, 2.45) is 0 Å². The van der Waals surface area contributed by atoms with Crippen molar-refractivity contribution >= 4 is 35.2 Å². The van der Waals surface area contributed by atoms with Gasteiger partial charge in [-0.1, -0.05) is 43.0 Å². The zero-order valence-corrected chi connectivity index (χ0v) is 20.3. The number of carbonyl (C=O) groups excluding carboxylic acids is 2. The molecule has 0 heterocycles. The zero-order valence-electron chi connectivity index (χ0n) is 18.7. The monoisotopic (exact) mass is 474 g/mol. The van der Waals surface area contributed by atoms with Crippen molar-refractivity contribution in [3.63, 3.8) is 0 Å². The quantitative estimate of drug-likeness (QED) is 0.500. The van der Waals surface area contributed by atoms with Gasteiger partial charge in [-0.2, -0.15) is 0 Å². The highest BCUT2D eigenvalue weighted by molar-refractivity contribution is 8.00. The number of carbonyl (C=O) groups is 2. The van der Waals surface area contributed by atoms with E-state index >= 15 is 0 Å². The van der Waals surface area contributed by atoms with Crippen LogP contribution < -0.4 is 10.1 Å². The Balaban J connectivity index is 1.69. The minimum atomic E-state index is -0.558. The Bertz CT molecular complexity index is 883. The highest BCUT2D eigenvalue weighted by Crippen LogP contribution is 2.23. The summed E-state index contributed by atoms with van der Waals surface area (Å²) in [5, 5.41) is 3.83. The fourth-order valence-corrected chi connectivity index (χ4v) is 4.75. The van der Waals surface area contributed by atoms with E-state index < -0.39 is 6.04 Å². The first-order valence-corrected chi connectivity index (χ1v) is 12.4. The second kappa shape index (κ2) is 12.2. The number of hydrogen-bond acceptors (Lipinski definition) is 4. The van der Waals surface area contributed by atoms with Gasteiger partial charge in [-0.25, -0.2) is 0 Å². The molecule has 1 aliphatic rings. The number of rotatable bonds is 9. The summed E-state index contributed by atoms with van der Waals surface area (Å²) in [5.74, 6) is 0.842. The van der Waals surface area contributed by atoms with Crippen LogP contribution in [0.5, 0.6) is 5.75 Å². The minimum Gasteiger partial charge on any atom is -0.497 e. The molecule has 2 amide bonds. The van der Waals surface area contributed by atoms with Crippen LogP contribution in [0.2, 0.25) is 5.02 Å². The third-order valence-corrected chi connectivity index (χ3v) is 7.06. The van der Waals surface area contributed by atoms with Gasteiger partial charge in [0.1, 0.15) is 11.8 Å². The molecule has 0 bridgehead atoms. The van der Waals surface area contributed by atoms with E-state index in [1.54, 1.807) is 12.0 Å². The fourth-order valence-electron chi connectivity index (χ4n) is 3.84. The van der Waals surface area contributed by atoms with E-state index in [2.05, 4.69) is 5.32 Å². The van der Waals surface area contributed by atoms with Crippen LogP contribution in [0.15, 0.2) is 53.4 Å². The molecule has 3 rings (SSSR count). The highest BCUT2D eigenvalue weighted by Gasteiger charge is 2.28. The molecule has 5 nitrogen and oxygen atoms in total. The lowest BCUT2D eigenvalue weighted by atomic mass is 9.95. The van der Waals surface area contributed by atoms with Crippen molar-refractivity contribution in [1.82, 2.24) is 10.2 Å². The third-order valence-electron chi connectivity index (χ3n) is 5.81. The summed E-state index contributed by atoms with van der Waals surface area (Å²) in [5.41, 5.74) is 0.952. The number of nitrogens with one attached hydrogen (secondary N) is 1. The van der Waals surface area contributed by atoms with Gasteiger partial charge in [0.2, 0.25) is 11.8 Å². The molecule has 0 saturated heterocycles. The predicted molar refractivity (Wildman–Crippen MR) is 130 cm³/mol. The molecule has 0 radical (unpaired) electrons. The lowest BCUT2D eigenvalue weighted by Crippen LogP contribution is -2.50. The zero-order chi connectivity index (χ0) is 22.9. The van der Waals surface area contributed by atoms with Gasteiger partial charge in [0.25, 0.3) is 0 Å². The first-order chi connectivity index (χ1) is 15.5. The van der Waals surface area contributed by atoms with Gasteiger partial charge in [0, 0.05) is 22.5 Å².